The quantitative estimate of drug-likeness (QED) is 0.172. The summed E-state index contributed by atoms with van der Waals surface area (Å²) in [4.78, 5) is 47.7. The molecule has 0 saturated heterocycles. The number of carbonyl (C=O) groups is 4. The average Bonchev–Trinajstić information content (AvgIpc) is 3.00. The van der Waals surface area contributed by atoms with E-state index < -0.39 is 23.8 Å². The van der Waals surface area contributed by atoms with Gasteiger partial charge in [-0.25, -0.2) is 9.59 Å². The van der Waals surface area contributed by atoms with Crippen LogP contribution >= 0.6 is 0 Å². The van der Waals surface area contributed by atoms with Crippen molar-refractivity contribution in [3.63, 3.8) is 0 Å². The van der Waals surface area contributed by atoms with Gasteiger partial charge in [0.15, 0.2) is 0 Å². The number of anilines is 2. The third-order valence-electron chi connectivity index (χ3n) is 5.26. The monoisotopic (exact) mass is 576 g/mol. The van der Waals surface area contributed by atoms with E-state index in [9.17, 15) is 29.4 Å². The van der Waals surface area contributed by atoms with Crippen LogP contribution in [0.25, 0.3) is 0 Å². The molecule has 9 heteroatoms. The molecule has 0 spiro atoms. The van der Waals surface area contributed by atoms with Gasteiger partial charge in [-0.3, -0.25) is 9.59 Å². The number of aromatic carboxylic acids is 2. The summed E-state index contributed by atoms with van der Waals surface area (Å²) in [5.74, 6) is 1.99. The first-order valence-corrected chi connectivity index (χ1v) is 12.5. The molecule has 0 fully saturated rings. The van der Waals surface area contributed by atoms with Crippen LogP contribution in [0.5, 0.6) is 11.5 Å². The molecule has 0 heterocycles. The molecule has 0 aliphatic heterocycles. The van der Waals surface area contributed by atoms with Gasteiger partial charge < -0.3 is 25.6 Å². The van der Waals surface area contributed by atoms with Gasteiger partial charge in [-0.2, -0.15) is 0 Å². The van der Waals surface area contributed by atoms with E-state index in [0.717, 1.165) is 0 Å². The fraction of sp³-hybridized carbons (Fsp3) is 0.0588. The van der Waals surface area contributed by atoms with E-state index >= 15 is 0 Å². The van der Waals surface area contributed by atoms with Crippen molar-refractivity contribution in [2.24, 2.45) is 0 Å². The number of ether oxygens (including phenoxy) is 1. The molecule has 0 aromatic heterocycles. The van der Waals surface area contributed by atoms with E-state index in [1.807, 2.05) is 0 Å². The zero-order chi connectivity index (χ0) is 31.8. The summed E-state index contributed by atoms with van der Waals surface area (Å²) in [6, 6.07) is 24.9. The maximum Gasteiger partial charge on any atom is 0.336 e. The fourth-order valence-electron chi connectivity index (χ4n) is 3.48. The summed E-state index contributed by atoms with van der Waals surface area (Å²) in [5.41, 5.74) is 0.828. The highest BCUT2D eigenvalue weighted by Gasteiger charge is 2.17. The van der Waals surface area contributed by atoms with Gasteiger partial charge in [0.05, 0.1) is 22.3 Å². The topological polar surface area (TPSA) is 142 Å². The number of hydrogen-bond acceptors (Lipinski definition) is 5. The van der Waals surface area contributed by atoms with Crippen LogP contribution in [0.2, 0.25) is 0 Å². The van der Waals surface area contributed by atoms with Crippen LogP contribution in [0.4, 0.5) is 11.4 Å². The highest BCUT2D eigenvalue weighted by Crippen LogP contribution is 2.25. The van der Waals surface area contributed by atoms with Gasteiger partial charge in [-0.1, -0.05) is 24.3 Å². The lowest BCUT2D eigenvalue weighted by Crippen LogP contribution is -2.16. The minimum Gasteiger partial charge on any atom is -0.478 e. The normalized spacial score (nSPS) is 9.21. The largest absolute Gasteiger partial charge is 0.478 e. The molecule has 2 amide bonds. The van der Waals surface area contributed by atoms with E-state index in [1.54, 1.807) is 86.6 Å². The molecule has 43 heavy (non-hydrogen) atoms. The molecular formula is C34H28N2O7. The second-order valence-corrected chi connectivity index (χ2v) is 8.34. The molecule has 4 rings (SSSR count). The molecule has 0 unspecified atom stereocenters. The minimum atomic E-state index is -1.19. The SMILES string of the molecule is C#CC.C#CC.O=C(O)c1ccccc1C(=O)Nc1ccc(Oc2ccc(NC(=O)c3ccccc3C(=O)O)cc2)cc1. The Hall–Kier alpha value is -6.32. The van der Waals surface area contributed by atoms with E-state index in [0.29, 0.717) is 22.9 Å². The molecule has 4 aromatic rings. The first-order chi connectivity index (χ1) is 20.6. The van der Waals surface area contributed by atoms with Crippen molar-refractivity contribution in [1.29, 1.82) is 0 Å². The molecule has 0 aliphatic rings. The summed E-state index contributed by atoms with van der Waals surface area (Å²) in [6.45, 7) is 3.31. The lowest BCUT2D eigenvalue weighted by atomic mass is 10.1. The van der Waals surface area contributed by atoms with E-state index in [2.05, 4.69) is 35.3 Å². The lowest BCUT2D eigenvalue weighted by Gasteiger charge is -2.11. The number of rotatable bonds is 8. The Morgan fingerprint density at radius 2 is 0.837 bits per heavy atom. The molecular weight excluding hydrogens is 548 g/mol. The van der Waals surface area contributed by atoms with Crippen LogP contribution in [0.3, 0.4) is 0 Å². The third-order valence-corrected chi connectivity index (χ3v) is 5.26. The first kappa shape index (κ1) is 32.9. The van der Waals surface area contributed by atoms with Crippen LogP contribution in [-0.2, 0) is 0 Å². The van der Waals surface area contributed by atoms with Gasteiger partial charge in [0.25, 0.3) is 11.8 Å². The molecule has 0 bridgehead atoms. The van der Waals surface area contributed by atoms with E-state index in [4.69, 9.17) is 4.74 Å². The standard InChI is InChI=1S/C28H20N2O7.2C3H4/c31-25(21-5-1-3-7-23(21)27(33)34)29-17-9-13-19(14-10-17)37-20-15-11-18(12-16-20)30-26(32)22-6-2-4-8-24(22)28(35)36;2*1-3-2/h1-16H,(H,29,31)(H,30,32)(H,33,34)(H,35,36);2*1H,2H3. The van der Waals surface area contributed by atoms with Gasteiger partial charge in [0.1, 0.15) is 11.5 Å². The molecule has 0 radical (unpaired) electrons. The number of amides is 2. The number of benzene rings is 4. The van der Waals surface area contributed by atoms with Gasteiger partial charge in [0, 0.05) is 11.4 Å². The second-order valence-electron chi connectivity index (χ2n) is 8.34. The second kappa shape index (κ2) is 16.7. The number of carboxylic acid groups (broad SMARTS) is 2. The zero-order valence-electron chi connectivity index (χ0n) is 23.3. The average molecular weight is 577 g/mol. The summed E-state index contributed by atoms with van der Waals surface area (Å²) in [7, 11) is 0. The van der Waals surface area contributed by atoms with Crippen LogP contribution in [-0.4, -0.2) is 34.0 Å². The Kier molecular flexibility index (Phi) is 12.8. The first-order valence-electron chi connectivity index (χ1n) is 12.5. The molecule has 0 saturated carbocycles. The summed E-state index contributed by atoms with van der Waals surface area (Å²) >= 11 is 0. The van der Waals surface area contributed by atoms with E-state index in [-0.39, 0.29) is 22.3 Å². The number of carbonyl (C=O) groups excluding carboxylic acids is 2. The molecule has 0 atom stereocenters. The predicted molar refractivity (Wildman–Crippen MR) is 165 cm³/mol. The molecule has 4 N–H and O–H groups in total. The number of terminal acetylenes is 2. The van der Waals surface area contributed by atoms with E-state index in [1.165, 1.54) is 24.3 Å². The number of nitrogens with one attached hydrogen (secondary N) is 2. The maximum absolute atomic E-state index is 12.5. The van der Waals surface area contributed by atoms with Crippen molar-refractivity contribution in [2.45, 2.75) is 13.8 Å². The van der Waals surface area contributed by atoms with Gasteiger partial charge in [-0.15, -0.1) is 24.7 Å². The van der Waals surface area contributed by atoms with Gasteiger partial charge >= 0.3 is 11.9 Å². The van der Waals surface area contributed by atoms with Crippen LogP contribution in [0.1, 0.15) is 55.3 Å². The summed E-state index contributed by atoms with van der Waals surface area (Å²) in [6.07, 6.45) is 9.19. The molecule has 9 nitrogen and oxygen atoms in total. The zero-order valence-corrected chi connectivity index (χ0v) is 23.3. The van der Waals surface area contributed by atoms with Crippen molar-refractivity contribution in [3.05, 3.63) is 119 Å². The smallest absolute Gasteiger partial charge is 0.336 e. The Bertz CT molecular complexity index is 1540. The Morgan fingerprint density at radius 1 is 0.558 bits per heavy atom. The minimum absolute atomic E-state index is 0.0500. The van der Waals surface area contributed by atoms with Gasteiger partial charge in [-0.05, 0) is 86.6 Å². The van der Waals surface area contributed by atoms with Crippen LogP contribution in [0.15, 0.2) is 97.1 Å². The summed E-state index contributed by atoms with van der Waals surface area (Å²) in [5, 5.41) is 23.8. The fourth-order valence-corrected chi connectivity index (χ4v) is 3.48. The summed E-state index contributed by atoms with van der Waals surface area (Å²) < 4.78 is 5.79. The molecule has 216 valence electrons. The third kappa shape index (κ3) is 9.98. The number of hydrogen-bond donors (Lipinski definition) is 4. The molecule has 0 aliphatic carbocycles. The Balaban J connectivity index is 0.000000992. The van der Waals surface area contributed by atoms with Crippen molar-refractivity contribution >= 4 is 35.1 Å². The highest BCUT2D eigenvalue weighted by atomic mass is 16.5. The number of carboxylic acids is 2. The highest BCUT2D eigenvalue weighted by molar-refractivity contribution is 6.11. The molecule has 4 aromatic carbocycles. The predicted octanol–water partition coefficient (Wildman–Crippen LogP) is 6.66. The van der Waals surface area contributed by atoms with Crippen molar-refractivity contribution in [3.8, 4) is 36.2 Å². The lowest BCUT2D eigenvalue weighted by molar-refractivity contribution is 0.0683. The Labute approximate surface area is 249 Å². The van der Waals surface area contributed by atoms with Crippen molar-refractivity contribution < 1.29 is 34.1 Å². The van der Waals surface area contributed by atoms with Gasteiger partial charge in [0.2, 0.25) is 0 Å². The van der Waals surface area contributed by atoms with Crippen molar-refractivity contribution in [2.75, 3.05) is 10.6 Å². The maximum atomic E-state index is 12.5. The van der Waals surface area contributed by atoms with Crippen molar-refractivity contribution in [1.82, 2.24) is 0 Å². The van der Waals surface area contributed by atoms with Crippen LogP contribution in [0, 0.1) is 24.7 Å². The Morgan fingerprint density at radius 3 is 1.12 bits per heavy atom. The van der Waals surface area contributed by atoms with Crippen LogP contribution < -0.4 is 15.4 Å².